The topological polar surface area (TPSA) is 72.5 Å². The van der Waals surface area contributed by atoms with Gasteiger partial charge in [-0.3, -0.25) is 4.79 Å². The van der Waals surface area contributed by atoms with E-state index in [4.69, 9.17) is 15.4 Å². The summed E-state index contributed by atoms with van der Waals surface area (Å²) in [6.07, 6.45) is 0. The summed E-state index contributed by atoms with van der Waals surface area (Å²) in [5.74, 6) is -1.53. The Hall–Kier alpha value is -0.700. The molecule has 0 aliphatic heterocycles. The van der Waals surface area contributed by atoms with Crippen molar-refractivity contribution in [3.63, 3.8) is 0 Å². The van der Waals surface area contributed by atoms with Crippen LogP contribution < -0.4 is 5.32 Å². The fraction of sp³-hybridized carbons (Fsp3) is 0.417. The fourth-order valence-corrected chi connectivity index (χ4v) is 3.76. The molecule has 118 valence electrons. The van der Waals surface area contributed by atoms with E-state index in [1.165, 1.54) is 7.11 Å². The van der Waals surface area contributed by atoms with Crippen LogP contribution in [0.4, 0.5) is 4.39 Å². The molecule has 0 saturated carbocycles. The van der Waals surface area contributed by atoms with E-state index in [0.717, 1.165) is 12.1 Å². The number of nitrogens with one attached hydrogen (secondary N) is 1. The highest BCUT2D eigenvalue weighted by Crippen LogP contribution is 2.28. The SMILES string of the molecule is COCC(C)CNC(=O)c1cc(S(=O)(=O)Cl)c(Br)cc1F. The van der Waals surface area contributed by atoms with Gasteiger partial charge >= 0.3 is 0 Å². The third-order valence-electron chi connectivity index (χ3n) is 2.59. The molecule has 1 aromatic rings. The standard InChI is InChI=1S/C12H14BrClFNO4S/c1-7(6-20-2)5-16-12(17)8-3-11(21(14,18)19)9(13)4-10(8)15/h3-4,7H,5-6H2,1-2H3,(H,16,17). The van der Waals surface area contributed by atoms with Crippen LogP contribution in [0.5, 0.6) is 0 Å². The van der Waals surface area contributed by atoms with E-state index in [1.54, 1.807) is 0 Å². The average molecular weight is 403 g/mol. The van der Waals surface area contributed by atoms with Gasteiger partial charge in [-0.15, -0.1) is 0 Å². The number of carbonyl (C=O) groups excluding carboxylic acids is 1. The van der Waals surface area contributed by atoms with Crippen LogP contribution in [0.2, 0.25) is 0 Å². The lowest BCUT2D eigenvalue weighted by Gasteiger charge is -2.12. The number of hydrogen-bond acceptors (Lipinski definition) is 4. The summed E-state index contributed by atoms with van der Waals surface area (Å²) < 4.78 is 41.4. The minimum absolute atomic E-state index is 0.0358. The van der Waals surface area contributed by atoms with Crippen molar-refractivity contribution in [2.75, 3.05) is 20.3 Å². The van der Waals surface area contributed by atoms with Crippen molar-refractivity contribution in [2.24, 2.45) is 5.92 Å². The monoisotopic (exact) mass is 401 g/mol. The molecule has 9 heteroatoms. The molecule has 0 bridgehead atoms. The van der Waals surface area contributed by atoms with Gasteiger partial charge in [0.15, 0.2) is 0 Å². The quantitative estimate of drug-likeness (QED) is 0.742. The minimum Gasteiger partial charge on any atom is -0.384 e. The lowest BCUT2D eigenvalue weighted by molar-refractivity contribution is 0.0930. The van der Waals surface area contributed by atoms with Gasteiger partial charge in [-0.25, -0.2) is 12.8 Å². The predicted molar refractivity (Wildman–Crippen MR) is 80.5 cm³/mol. The molecule has 0 saturated heterocycles. The van der Waals surface area contributed by atoms with E-state index < -0.39 is 20.8 Å². The van der Waals surface area contributed by atoms with Crippen molar-refractivity contribution in [3.8, 4) is 0 Å². The summed E-state index contributed by atoms with van der Waals surface area (Å²) in [6, 6.07) is 1.79. The Kier molecular flexibility index (Phi) is 6.58. The lowest BCUT2D eigenvalue weighted by Crippen LogP contribution is -2.30. The Balaban J connectivity index is 3.00. The summed E-state index contributed by atoms with van der Waals surface area (Å²) >= 11 is 2.90. The van der Waals surface area contributed by atoms with Crippen molar-refractivity contribution in [2.45, 2.75) is 11.8 Å². The molecule has 0 radical (unpaired) electrons. The number of hydrogen-bond donors (Lipinski definition) is 1. The van der Waals surface area contributed by atoms with Gasteiger partial charge in [0.1, 0.15) is 5.82 Å². The summed E-state index contributed by atoms with van der Waals surface area (Å²) in [6.45, 7) is 2.55. The second-order valence-corrected chi connectivity index (χ2v) is 7.86. The third kappa shape index (κ3) is 5.21. The second kappa shape index (κ2) is 7.53. The highest BCUT2D eigenvalue weighted by Gasteiger charge is 2.21. The Morgan fingerprint density at radius 2 is 2.14 bits per heavy atom. The minimum atomic E-state index is -4.09. The van der Waals surface area contributed by atoms with Gasteiger partial charge in [-0.05, 0) is 34.0 Å². The molecule has 0 aliphatic carbocycles. The number of halogens is 3. The number of amides is 1. The number of rotatable bonds is 6. The molecule has 1 rings (SSSR count). The van der Waals surface area contributed by atoms with Crippen LogP contribution in [-0.2, 0) is 13.8 Å². The van der Waals surface area contributed by atoms with Crippen LogP contribution in [-0.4, -0.2) is 34.6 Å². The second-order valence-electron chi connectivity index (χ2n) is 4.47. The largest absolute Gasteiger partial charge is 0.384 e. The van der Waals surface area contributed by atoms with E-state index in [1.807, 2.05) is 6.92 Å². The van der Waals surface area contributed by atoms with E-state index >= 15 is 0 Å². The van der Waals surface area contributed by atoms with E-state index in [0.29, 0.717) is 6.61 Å². The van der Waals surface area contributed by atoms with Gasteiger partial charge in [-0.2, -0.15) is 0 Å². The summed E-state index contributed by atoms with van der Waals surface area (Å²) in [5.41, 5.74) is -0.387. The Labute approximate surface area is 135 Å². The number of carbonyl (C=O) groups is 1. The van der Waals surface area contributed by atoms with Gasteiger partial charge in [0.2, 0.25) is 0 Å². The summed E-state index contributed by atoms with van der Waals surface area (Å²) in [5, 5.41) is 2.51. The molecule has 1 aromatic carbocycles. The van der Waals surface area contributed by atoms with Gasteiger partial charge in [0.25, 0.3) is 15.0 Å². The van der Waals surface area contributed by atoms with E-state index in [-0.39, 0.29) is 27.4 Å². The van der Waals surface area contributed by atoms with Crippen LogP contribution in [0.15, 0.2) is 21.5 Å². The molecule has 0 spiro atoms. The van der Waals surface area contributed by atoms with Gasteiger partial charge in [-0.1, -0.05) is 6.92 Å². The van der Waals surface area contributed by atoms with Crippen LogP contribution in [0.3, 0.4) is 0 Å². The molecule has 21 heavy (non-hydrogen) atoms. The molecule has 1 unspecified atom stereocenters. The zero-order valence-corrected chi connectivity index (χ0v) is 14.5. The summed E-state index contributed by atoms with van der Waals surface area (Å²) in [4.78, 5) is 11.6. The molecule has 1 amide bonds. The first-order valence-corrected chi connectivity index (χ1v) is 8.98. The third-order valence-corrected chi connectivity index (χ3v) is 4.87. The van der Waals surface area contributed by atoms with Crippen LogP contribution >= 0.6 is 26.6 Å². The number of methoxy groups -OCH3 is 1. The maximum Gasteiger partial charge on any atom is 0.262 e. The molecule has 1 N–H and O–H groups in total. The van der Waals surface area contributed by atoms with Crippen molar-refractivity contribution >= 4 is 41.6 Å². The van der Waals surface area contributed by atoms with Crippen LogP contribution in [0, 0.1) is 11.7 Å². The zero-order chi connectivity index (χ0) is 16.2. The maximum absolute atomic E-state index is 13.8. The van der Waals surface area contributed by atoms with Crippen molar-refractivity contribution in [1.82, 2.24) is 5.32 Å². The first-order valence-electron chi connectivity index (χ1n) is 5.87. The molecular weight excluding hydrogens is 389 g/mol. The van der Waals surface area contributed by atoms with E-state index in [9.17, 15) is 17.6 Å². The van der Waals surface area contributed by atoms with Crippen molar-refractivity contribution < 1.29 is 22.3 Å². The maximum atomic E-state index is 13.8. The Morgan fingerprint density at radius 3 is 2.67 bits per heavy atom. The number of benzene rings is 1. The Bertz CT molecular complexity index is 638. The molecule has 5 nitrogen and oxygen atoms in total. The molecular formula is C12H14BrClFNO4S. The van der Waals surface area contributed by atoms with Gasteiger partial charge < -0.3 is 10.1 Å². The normalized spacial score (nSPS) is 13.0. The highest BCUT2D eigenvalue weighted by molar-refractivity contribution is 9.10. The first kappa shape index (κ1) is 18.3. The zero-order valence-electron chi connectivity index (χ0n) is 11.3. The number of ether oxygens (including phenoxy) is 1. The Morgan fingerprint density at radius 1 is 1.52 bits per heavy atom. The van der Waals surface area contributed by atoms with Crippen molar-refractivity contribution in [1.29, 1.82) is 0 Å². The van der Waals surface area contributed by atoms with Crippen molar-refractivity contribution in [3.05, 3.63) is 28.0 Å². The lowest BCUT2D eigenvalue weighted by atomic mass is 10.1. The van der Waals surface area contributed by atoms with Gasteiger partial charge in [0.05, 0.1) is 17.1 Å². The smallest absolute Gasteiger partial charge is 0.262 e. The molecule has 0 fully saturated rings. The van der Waals surface area contributed by atoms with E-state index in [2.05, 4.69) is 21.2 Å². The van der Waals surface area contributed by atoms with Crippen LogP contribution in [0.1, 0.15) is 17.3 Å². The first-order chi connectivity index (χ1) is 9.66. The average Bonchev–Trinajstić information content (AvgIpc) is 2.34. The molecule has 1 atom stereocenters. The van der Waals surface area contributed by atoms with Crippen LogP contribution in [0.25, 0.3) is 0 Å². The molecule has 0 heterocycles. The molecule has 0 aromatic heterocycles. The van der Waals surface area contributed by atoms with Gasteiger partial charge in [0, 0.05) is 28.8 Å². The predicted octanol–water partition coefficient (Wildman–Crippen LogP) is 2.53. The fourth-order valence-electron chi connectivity index (χ4n) is 1.60. The summed E-state index contributed by atoms with van der Waals surface area (Å²) in [7, 11) is 2.68. The molecule has 0 aliphatic rings. The highest BCUT2D eigenvalue weighted by atomic mass is 79.9.